The van der Waals surface area contributed by atoms with Crippen LogP contribution < -0.4 is 5.32 Å². The molecule has 6 nitrogen and oxygen atoms in total. The Morgan fingerprint density at radius 2 is 1.84 bits per heavy atom. The summed E-state index contributed by atoms with van der Waals surface area (Å²) >= 11 is 7.17. The van der Waals surface area contributed by atoms with Crippen LogP contribution in [-0.4, -0.2) is 31.9 Å². The van der Waals surface area contributed by atoms with Crippen LogP contribution in [0.5, 0.6) is 0 Å². The first-order chi connectivity index (χ1) is 12.0. The maximum Gasteiger partial charge on any atom is 0.234 e. The minimum absolute atomic E-state index is 0.111. The molecule has 1 aromatic heterocycles. The second-order valence-electron chi connectivity index (χ2n) is 5.56. The molecule has 0 saturated carbocycles. The van der Waals surface area contributed by atoms with E-state index in [1.807, 2.05) is 38.1 Å². The van der Waals surface area contributed by atoms with Gasteiger partial charge in [0.25, 0.3) is 0 Å². The van der Waals surface area contributed by atoms with Crippen LogP contribution in [0.3, 0.4) is 0 Å². The number of aromatic nitrogens is 4. The highest BCUT2D eigenvalue weighted by molar-refractivity contribution is 7.99. The molecular formula is C17H16ClN5OS. The highest BCUT2D eigenvalue weighted by atomic mass is 35.5. The van der Waals surface area contributed by atoms with Crippen LogP contribution in [0.2, 0.25) is 5.02 Å². The molecule has 0 unspecified atom stereocenters. The molecule has 0 aliphatic carbocycles. The van der Waals surface area contributed by atoms with E-state index in [-0.39, 0.29) is 11.7 Å². The van der Waals surface area contributed by atoms with Crippen LogP contribution in [0.15, 0.2) is 47.6 Å². The highest BCUT2D eigenvalue weighted by Crippen LogP contribution is 2.20. The highest BCUT2D eigenvalue weighted by Gasteiger charge is 2.12. The Morgan fingerprint density at radius 1 is 1.16 bits per heavy atom. The Hall–Kier alpha value is -2.38. The van der Waals surface area contributed by atoms with Crippen LogP contribution in [-0.2, 0) is 4.79 Å². The fraction of sp³-hybridized carbons (Fsp3) is 0.176. The van der Waals surface area contributed by atoms with Gasteiger partial charge >= 0.3 is 0 Å². The Kier molecular flexibility index (Phi) is 5.35. The number of hydrogen-bond acceptors (Lipinski definition) is 5. The molecule has 25 heavy (non-hydrogen) atoms. The summed E-state index contributed by atoms with van der Waals surface area (Å²) in [6.07, 6.45) is 0. The minimum atomic E-state index is -0.111. The third-order valence-corrected chi connectivity index (χ3v) is 4.52. The normalized spacial score (nSPS) is 10.7. The summed E-state index contributed by atoms with van der Waals surface area (Å²) in [5, 5.41) is 15.7. The fourth-order valence-corrected chi connectivity index (χ4v) is 3.20. The number of nitrogens with zero attached hydrogens (tertiary/aromatic N) is 4. The number of nitrogens with one attached hydrogen (secondary N) is 1. The van der Waals surface area contributed by atoms with Crippen molar-refractivity contribution in [2.45, 2.75) is 19.0 Å². The molecule has 0 atom stereocenters. The Morgan fingerprint density at radius 3 is 2.52 bits per heavy atom. The molecule has 2 aromatic carbocycles. The second kappa shape index (κ2) is 7.67. The molecule has 8 heteroatoms. The molecule has 0 aliphatic rings. The monoisotopic (exact) mass is 373 g/mol. The molecule has 0 spiro atoms. The van der Waals surface area contributed by atoms with E-state index in [0.29, 0.717) is 10.2 Å². The van der Waals surface area contributed by atoms with Gasteiger partial charge in [-0.25, -0.2) is 0 Å². The zero-order chi connectivity index (χ0) is 17.8. The fourth-order valence-electron chi connectivity index (χ4n) is 2.39. The number of rotatable bonds is 5. The number of aryl methyl sites for hydroxylation is 2. The molecule has 0 saturated heterocycles. The van der Waals surface area contributed by atoms with Crippen molar-refractivity contribution < 1.29 is 4.79 Å². The lowest BCUT2D eigenvalue weighted by atomic mass is 10.1. The smallest absolute Gasteiger partial charge is 0.234 e. The van der Waals surface area contributed by atoms with Gasteiger partial charge in [-0.1, -0.05) is 29.4 Å². The van der Waals surface area contributed by atoms with E-state index in [2.05, 4.69) is 26.9 Å². The van der Waals surface area contributed by atoms with Crippen LogP contribution in [0.1, 0.15) is 11.1 Å². The number of halogens is 1. The first-order valence-corrected chi connectivity index (χ1v) is 8.93. The molecule has 0 fully saturated rings. The van der Waals surface area contributed by atoms with Crippen LogP contribution in [0.4, 0.5) is 5.69 Å². The number of tetrazole rings is 1. The summed E-state index contributed by atoms with van der Waals surface area (Å²) in [5.41, 5.74) is 3.79. The van der Waals surface area contributed by atoms with Crippen molar-refractivity contribution in [3.05, 3.63) is 58.6 Å². The first-order valence-electron chi connectivity index (χ1n) is 7.56. The molecule has 1 amide bonds. The van der Waals surface area contributed by atoms with Gasteiger partial charge in [0.05, 0.1) is 11.4 Å². The summed E-state index contributed by atoms with van der Waals surface area (Å²) in [6, 6.07) is 13.1. The SMILES string of the molecule is Cc1cc(C)cc(NC(=O)CSc2nnnn2-c2ccc(Cl)cc2)c1. The van der Waals surface area contributed by atoms with Gasteiger partial charge in [-0.05, 0) is 71.8 Å². The van der Waals surface area contributed by atoms with Crippen molar-refractivity contribution in [3.8, 4) is 5.69 Å². The lowest BCUT2D eigenvalue weighted by Crippen LogP contribution is -2.14. The molecule has 0 aliphatic heterocycles. The number of amides is 1. The number of hydrogen-bond donors (Lipinski definition) is 1. The summed E-state index contributed by atoms with van der Waals surface area (Å²) in [4.78, 5) is 12.2. The third-order valence-electron chi connectivity index (χ3n) is 3.35. The van der Waals surface area contributed by atoms with Crippen molar-refractivity contribution in [2.75, 3.05) is 11.1 Å². The number of thioether (sulfide) groups is 1. The zero-order valence-electron chi connectivity index (χ0n) is 13.7. The maximum absolute atomic E-state index is 12.2. The van der Waals surface area contributed by atoms with Crippen molar-refractivity contribution in [3.63, 3.8) is 0 Å². The van der Waals surface area contributed by atoms with Gasteiger partial charge in [-0.15, -0.1) is 5.10 Å². The standard InChI is InChI=1S/C17H16ClN5OS/c1-11-7-12(2)9-14(8-11)19-16(24)10-25-17-20-21-22-23(17)15-5-3-13(18)4-6-15/h3-9H,10H2,1-2H3,(H,19,24). The molecule has 3 rings (SSSR count). The van der Waals surface area contributed by atoms with Crippen LogP contribution >= 0.6 is 23.4 Å². The Bertz CT molecular complexity index is 874. The minimum Gasteiger partial charge on any atom is -0.325 e. The van der Waals surface area contributed by atoms with E-state index < -0.39 is 0 Å². The second-order valence-corrected chi connectivity index (χ2v) is 6.94. The summed E-state index contributed by atoms with van der Waals surface area (Å²) < 4.78 is 1.57. The quantitative estimate of drug-likeness (QED) is 0.691. The molecule has 0 bridgehead atoms. The van der Waals surface area contributed by atoms with Gasteiger partial charge in [-0.2, -0.15) is 4.68 Å². The summed E-state index contributed by atoms with van der Waals surface area (Å²) in [5.74, 6) is 0.0988. The molecule has 0 radical (unpaired) electrons. The maximum atomic E-state index is 12.2. The number of carbonyl (C=O) groups is 1. The van der Waals surface area contributed by atoms with Crippen LogP contribution in [0.25, 0.3) is 5.69 Å². The molecule has 3 aromatic rings. The molecule has 1 heterocycles. The predicted molar refractivity (Wildman–Crippen MR) is 99.4 cm³/mol. The Labute approximate surface area is 154 Å². The lowest BCUT2D eigenvalue weighted by molar-refractivity contribution is -0.113. The van der Waals surface area contributed by atoms with Gasteiger partial charge in [0.15, 0.2) is 0 Å². The van der Waals surface area contributed by atoms with Gasteiger partial charge in [-0.3, -0.25) is 4.79 Å². The van der Waals surface area contributed by atoms with Crippen molar-refractivity contribution in [1.82, 2.24) is 20.2 Å². The van der Waals surface area contributed by atoms with E-state index in [1.54, 1.807) is 16.8 Å². The van der Waals surface area contributed by atoms with E-state index in [1.165, 1.54) is 11.8 Å². The average Bonchev–Trinajstić information content (AvgIpc) is 3.01. The zero-order valence-corrected chi connectivity index (χ0v) is 15.3. The lowest BCUT2D eigenvalue weighted by Gasteiger charge is -2.07. The largest absolute Gasteiger partial charge is 0.325 e. The van der Waals surface area contributed by atoms with Gasteiger partial charge in [0.1, 0.15) is 0 Å². The van der Waals surface area contributed by atoms with Crippen LogP contribution in [0, 0.1) is 13.8 Å². The average molecular weight is 374 g/mol. The van der Waals surface area contributed by atoms with Gasteiger partial charge < -0.3 is 5.32 Å². The Balaban J connectivity index is 1.65. The number of anilines is 1. The van der Waals surface area contributed by atoms with Crippen molar-refractivity contribution in [2.24, 2.45) is 0 Å². The van der Waals surface area contributed by atoms with Gasteiger partial charge in [0.2, 0.25) is 11.1 Å². The van der Waals surface area contributed by atoms with E-state index in [0.717, 1.165) is 22.5 Å². The van der Waals surface area contributed by atoms with E-state index in [9.17, 15) is 4.79 Å². The summed E-state index contributed by atoms with van der Waals surface area (Å²) in [6.45, 7) is 4.00. The first kappa shape index (κ1) is 17.4. The summed E-state index contributed by atoms with van der Waals surface area (Å²) in [7, 11) is 0. The molecule has 128 valence electrons. The number of carbonyl (C=O) groups excluding carboxylic acids is 1. The topological polar surface area (TPSA) is 72.7 Å². The third kappa shape index (κ3) is 4.58. The molecular weight excluding hydrogens is 358 g/mol. The molecule has 1 N–H and O–H groups in total. The van der Waals surface area contributed by atoms with E-state index >= 15 is 0 Å². The van der Waals surface area contributed by atoms with E-state index in [4.69, 9.17) is 11.6 Å². The number of benzene rings is 2. The predicted octanol–water partition coefficient (Wildman–Crippen LogP) is 3.66. The van der Waals surface area contributed by atoms with Crippen molar-refractivity contribution in [1.29, 1.82) is 0 Å². The van der Waals surface area contributed by atoms with Crippen molar-refractivity contribution >= 4 is 35.0 Å². The van der Waals surface area contributed by atoms with Gasteiger partial charge in [0, 0.05) is 10.7 Å².